The molecule has 0 saturated heterocycles. The van der Waals surface area contributed by atoms with Crippen molar-refractivity contribution in [2.75, 3.05) is 11.9 Å². The zero-order chi connectivity index (χ0) is 14.0. The van der Waals surface area contributed by atoms with Gasteiger partial charge in [0.05, 0.1) is 12.1 Å². The lowest BCUT2D eigenvalue weighted by Crippen LogP contribution is -2.23. The minimum Gasteiger partial charge on any atom is -0.366 e. The Morgan fingerprint density at radius 2 is 2.05 bits per heavy atom. The van der Waals surface area contributed by atoms with Gasteiger partial charge in [0.25, 0.3) is 5.92 Å². The molecule has 2 aromatic rings. The Kier molecular flexibility index (Phi) is 3.33. The molecule has 0 saturated carbocycles. The van der Waals surface area contributed by atoms with Crippen LogP contribution < -0.4 is 11.1 Å². The number of amides is 1. The average molecular weight is 265 g/mol. The third-order valence-electron chi connectivity index (χ3n) is 2.56. The van der Waals surface area contributed by atoms with Crippen LogP contribution in [0.1, 0.15) is 17.3 Å². The van der Waals surface area contributed by atoms with Crippen molar-refractivity contribution >= 4 is 22.6 Å². The lowest BCUT2D eigenvalue weighted by molar-refractivity contribution is 0.0367. The maximum atomic E-state index is 12.7. The van der Waals surface area contributed by atoms with Crippen molar-refractivity contribution in [1.82, 2.24) is 4.98 Å². The summed E-state index contributed by atoms with van der Waals surface area (Å²) >= 11 is 0. The van der Waals surface area contributed by atoms with E-state index >= 15 is 0 Å². The summed E-state index contributed by atoms with van der Waals surface area (Å²) in [6.07, 6.45) is 0. The number of pyridine rings is 1. The van der Waals surface area contributed by atoms with Gasteiger partial charge in [-0.25, -0.2) is 13.8 Å². The van der Waals surface area contributed by atoms with Crippen LogP contribution in [0.4, 0.5) is 14.6 Å². The molecule has 2 rings (SSSR count). The second-order valence-corrected chi connectivity index (χ2v) is 4.39. The molecule has 1 heterocycles. The van der Waals surface area contributed by atoms with Gasteiger partial charge in [-0.05, 0) is 24.3 Å². The zero-order valence-corrected chi connectivity index (χ0v) is 10.3. The van der Waals surface area contributed by atoms with Crippen LogP contribution in [0.2, 0.25) is 0 Å². The van der Waals surface area contributed by atoms with Gasteiger partial charge in [0.1, 0.15) is 5.82 Å². The van der Waals surface area contributed by atoms with Crippen molar-refractivity contribution < 1.29 is 13.6 Å². The number of primary amides is 1. The van der Waals surface area contributed by atoms with Crippen LogP contribution in [0.15, 0.2) is 30.3 Å². The number of hydrogen-bond donors (Lipinski definition) is 2. The number of aromatic nitrogens is 1. The van der Waals surface area contributed by atoms with Crippen LogP contribution in [0.25, 0.3) is 10.9 Å². The monoisotopic (exact) mass is 265 g/mol. The van der Waals surface area contributed by atoms with E-state index in [1.165, 1.54) is 6.07 Å². The molecular weight excluding hydrogens is 252 g/mol. The van der Waals surface area contributed by atoms with Gasteiger partial charge >= 0.3 is 0 Å². The summed E-state index contributed by atoms with van der Waals surface area (Å²) in [5.74, 6) is -3.04. The quantitative estimate of drug-likeness (QED) is 0.892. The first kappa shape index (κ1) is 13.2. The second kappa shape index (κ2) is 4.79. The topological polar surface area (TPSA) is 68.0 Å². The molecule has 1 aromatic carbocycles. The Hall–Kier alpha value is -2.24. The van der Waals surface area contributed by atoms with Gasteiger partial charge in [-0.15, -0.1) is 0 Å². The summed E-state index contributed by atoms with van der Waals surface area (Å²) < 4.78 is 25.5. The Labute approximate surface area is 108 Å². The molecule has 1 aromatic heterocycles. The highest BCUT2D eigenvalue weighted by Crippen LogP contribution is 2.18. The zero-order valence-electron chi connectivity index (χ0n) is 10.3. The molecule has 19 heavy (non-hydrogen) atoms. The Balaban J connectivity index is 2.30. The summed E-state index contributed by atoms with van der Waals surface area (Å²) in [6.45, 7) is 0.327. The number of nitrogens with one attached hydrogen (secondary N) is 1. The molecule has 6 heteroatoms. The molecule has 0 radical (unpaired) electrons. The summed E-state index contributed by atoms with van der Waals surface area (Å²) in [6, 6.07) is 8.19. The van der Waals surface area contributed by atoms with Crippen molar-refractivity contribution in [1.29, 1.82) is 0 Å². The van der Waals surface area contributed by atoms with E-state index in [1.54, 1.807) is 24.3 Å². The summed E-state index contributed by atoms with van der Waals surface area (Å²) in [4.78, 5) is 15.2. The average Bonchev–Trinajstić information content (AvgIpc) is 2.34. The fraction of sp³-hybridized carbons (Fsp3) is 0.231. The number of carbonyl (C=O) groups excluding carboxylic acids is 1. The molecule has 0 aliphatic rings. The number of anilines is 1. The van der Waals surface area contributed by atoms with Crippen LogP contribution in [-0.4, -0.2) is 23.4 Å². The summed E-state index contributed by atoms with van der Waals surface area (Å²) in [5.41, 5.74) is 6.04. The highest BCUT2D eigenvalue weighted by atomic mass is 19.3. The van der Waals surface area contributed by atoms with E-state index in [0.717, 1.165) is 12.3 Å². The molecule has 0 fully saturated rings. The number of carbonyl (C=O) groups is 1. The minimum absolute atomic E-state index is 0.329. The second-order valence-electron chi connectivity index (χ2n) is 4.39. The number of halogens is 2. The predicted molar refractivity (Wildman–Crippen MR) is 69.4 cm³/mol. The SMILES string of the molecule is CC(F)(F)CNc1ccc2ccc(C(N)=O)cc2n1. The van der Waals surface area contributed by atoms with Crippen molar-refractivity contribution in [3.05, 3.63) is 35.9 Å². The van der Waals surface area contributed by atoms with Crippen molar-refractivity contribution in [2.24, 2.45) is 5.73 Å². The van der Waals surface area contributed by atoms with Crippen LogP contribution in [0.5, 0.6) is 0 Å². The Morgan fingerprint density at radius 1 is 1.37 bits per heavy atom. The van der Waals surface area contributed by atoms with Gasteiger partial charge < -0.3 is 11.1 Å². The van der Waals surface area contributed by atoms with E-state index in [1.807, 2.05) is 0 Å². The lowest BCUT2D eigenvalue weighted by atomic mass is 10.1. The van der Waals surface area contributed by atoms with E-state index in [-0.39, 0.29) is 0 Å². The van der Waals surface area contributed by atoms with Crippen LogP contribution >= 0.6 is 0 Å². The maximum Gasteiger partial charge on any atom is 0.262 e. The van der Waals surface area contributed by atoms with Gasteiger partial charge in [0.2, 0.25) is 5.91 Å². The summed E-state index contributed by atoms with van der Waals surface area (Å²) in [5, 5.41) is 3.35. The first-order valence-corrected chi connectivity index (χ1v) is 5.67. The highest BCUT2D eigenvalue weighted by Gasteiger charge is 2.20. The number of hydrogen-bond acceptors (Lipinski definition) is 3. The van der Waals surface area contributed by atoms with Crippen LogP contribution in [0, 0.1) is 0 Å². The van der Waals surface area contributed by atoms with E-state index in [9.17, 15) is 13.6 Å². The maximum absolute atomic E-state index is 12.7. The number of alkyl halides is 2. The standard InChI is InChI=1S/C13H13F2N3O/c1-13(14,15)7-17-11-5-4-8-2-3-9(12(16)19)6-10(8)18-11/h2-6H,7H2,1H3,(H2,16,19)(H,17,18). The molecule has 4 nitrogen and oxygen atoms in total. The molecule has 0 atom stereocenters. The molecule has 0 aliphatic heterocycles. The van der Waals surface area contributed by atoms with Crippen LogP contribution in [-0.2, 0) is 0 Å². The smallest absolute Gasteiger partial charge is 0.262 e. The Bertz CT molecular complexity index is 623. The fourth-order valence-electron chi connectivity index (χ4n) is 1.61. The molecule has 100 valence electrons. The molecule has 0 bridgehead atoms. The van der Waals surface area contributed by atoms with Crippen LogP contribution in [0.3, 0.4) is 0 Å². The first-order chi connectivity index (χ1) is 8.85. The molecule has 3 N–H and O–H groups in total. The highest BCUT2D eigenvalue weighted by molar-refractivity contribution is 5.96. The normalized spacial score (nSPS) is 11.5. The lowest BCUT2D eigenvalue weighted by Gasteiger charge is -2.12. The number of nitrogens with zero attached hydrogens (tertiary/aromatic N) is 1. The number of nitrogens with two attached hydrogens (primary N) is 1. The molecule has 0 spiro atoms. The first-order valence-electron chi connectivity index (χ1n) is 5.67. The largest absolute Gasteiger partial charge is 0.366 e. The van der Waals surface area contributed by atoms with Crippen molar-refractivity contribution in [3.63, 3.8) is 0 Å². The number of fused-ring (bicyclic) bond motifs is 1. The third kappa shape index (κ3) is 3.37. The molecule has 0 aliphatic carbocycles. The van der Waals surface area contributed by atoms with Crippen molar-refractivity contribution in [2.45, 2.75) is 12.8 Å². The van der Waals surface area contributed by atoms with E-state index < -0.39 is 18.4 Å². The summed E-state index contributed by atoms with van der Waals surface area (Å²) in [7, 11) is 0. The number of benzene rings is 1. The molecule has 1 amide bonds. The van der Waals surface area contributed by atoms with Gasteiger partial charge in [-0.1, -0.05) is 6.07 Å². The van der Waals surface area contributed by atoms with E-state index in [2.05, 4.69) is 10.3 Å². The molecule has 0 unspecified atom stereocenters. The molecular formula is C13H13F2N3O. The predicted octanol–water partition coefficient (Wildman–Crippen LogP) is 2.40. The van der Waals surface area contributed by atoms with E-state index in [4.69, 9.17) is 5.73 Å². The van der Waals surface area contributed by atoms with Crippen molar-refractivity contribution in [3.8, 4) is 0 Å². The number of rotatable bonds is 4. The third-order valence-corrected chi connectivity index (χ3v) is 2.56. The van der Waals surface area contributed by atoms with Gasteiger partial charge in [-0.3, -0.25) is 4.79 Å². The van der Waals surface area contributed by atoms with Gasteiger partial charge in [0, 0.05) is 17.9 Å². The minimum atomic E-state index is -2.81. The van der Waals surface area contributed by atoms with Gasteiger partial charge in [-0.2, -0.15) is 0 Å². The Morgan fingerprint density at radius 3 is 2.68 bits per heavy atom. The van der Waals surface area contributed by atoms with Gasteiger partial charge in [0.15, 0.2) is 0 Å². The van der Waals surface area contributed by atoms with E-state index in [0.29, 0.717) is 16.9 Å². The fourth-order valence-corrected chi connectivity index (χ4v) is 1.61.